The first kappa shape index (κ1) is 19.2. The molecule has 0 aromatic heterocycles. The van der Waals surface area contributed by atoms with Crippen molar-refractivity contribution in [3.8, 4) is 0 Å². The molecule has 0 N–H and O–H groups in total. The van der Waals surface area contributed by atoms with E-state index in [1.165, 1.54) is 51.4 Å². The molecule has 0 heterocycles. The minimum Gasteiger partial charge on any atom is -0.299 e. The molecule has 1 heteroatoms. The number of ketones is 1. The Balaban J connectivity index is 0.000000880. The molecule has 4 aliphatic rings. The first-order valence-corrected chi connectivity index (χ1v) is 11.2. The van der Waals surface area contributed by atoms with Gasteiger partial charge in [-0.3, -0.25) is 4.79 Å². The highest BCUT2D eigenvalue weighted by molar-refractivity contribution is 5.87. The van der Waals surface area contributed by atoms with Gasteiger partial charge in [-0.05, 0) is 80.5 Å². The highest BCUT2D eigenvalue weighted by atomic mass is 16.1. The summed E-state index contributed by atoms with van der Waals surface area (Å²) >= 11 is 0. The Morgan fingerprint density at radius 3 is 2.52 bits per heavy atom. The molecule has 0 aromatic carbocycles. The fraction of sp³-hybridized carbons (Fsp3) is 0.875. The number of rotatable bonds is 0. The number of carbonyl (C=O) groups excluding carboxylic acids is 1. The number of fused-ring (bicyclic) bond motifs is 5. The summed E-state index contributed by atoms with van der Waals surface area (Å²) in [6, 6.07) is 0. The van der Waals surface area contributed by atoms with Crippen LogP contribution < -0.4 is 0 Å². The van der Waals surface area contributed by atoms with E-state index in [9.17, 15) is 4.79 Å². The third-order valence-corrected chi connectivity index (χ3v) is 8.31. The van der Waals surface area contributed by atoms with Gasteiger partial charge < -0.3 is 0 Å². The van der Waals surface area contributed by atoms with E-state index in [-0.39, 0.29) is 5.41 Å². The van der Waals surface area contributed by atoms with Crippen LogP contribution in [0.5, 0.6) is 0 Å². The maximum Gasteiger partial charge on any atom is 0.139 e. The smallest absolute Gasteiger partial charge is 0.139 e. The third-order valence-electron chi connectivity index (χ3n) is 8.31. The first-order chi connectivity index (χ1) is 12.0. The molecule has 0 radical (unpaired) electrons. The first-order valence-electron chi connectivity index (χ1n) is 11.2. The second-order valence-corrected chi connectivity index (χ2v) is 9.54. The molecule has 0 aliphatic heterocycles. The quantitative estimate of drug-likeness (QED) is 0.441. The minimum atomic E-state index is 0.0294. The number of hydrogen-bond acceptors (Lipinski definition) is 1. The van der Waals surface area contributed by atoms with E-state index in [1.54, 1.807) is 0 Å². The second kappa shape index (κ2) is 7.57. The number of carbonyl (C=O) groups is 1. The average molecular weight is 345 g/mol. The Hall–Kier alpha value is -0.590. The molecule has 3 fully saturated rings. The molecule has 142 valence electrons. The molecule has 0 saturated heterocycles. The molecule has 1 nitrogen and oxygen atoms in total. The summed E-state index contributed by atoms with van der Waals surface area (Å²) in [5.74, 6) is 5.38. The van der Waals surface area contributed by atoms with Crippen LogP contribution in [-0.4, -0.2) is 5.78 Å². The molecular weight excluding hydrogens is 304 g/mol. The largest absolute Gasteiger partial charge is 0.299 e. The van der Waals surface area contributed by atoms with Crippen LogP contribution in [0.4, 0.5) is 0 Å². The van der Waals surface area contributed by atoms with Gasteiger partial charge in [-0.25, -0.2) is 0 Å². The summed E-state index contributed by atoms with van der Waals surface area (Å²) in [6.07, 6.45) is 14.1. The maximum atomic E-state index is 12.6. The topological polar surface area (TPSA) is 17.1 Å². The number of allylic oxidation sites excluding steroid dienone is 2. The average Bonchev–Trinajstić information content (AvgIpc) is 2.74. The van der Waals surface area contributed by atoms with Crippen LogP contribution in [0.25, 0.3) is 0 Å². The zero-order chi connectivity index (χ0) is 18.2. The van der Waals surface area contributed by atoms with Crippen LogP contribution in [0.3, 0.4) is 0 Å². The van der Waals surface area contributed by atoms with Crippen molar-refractivity contribution in [3.63, 3.8) is 0 Å². The highest BCUT2D eigenvalue weighted by Gasteiger charge is 2.56. The second-order valence-electron chi connectivity index (χ2n) is 9.54. The van der Waals surface area contributed by atoms with Gasteiger partial charge in [0.2, 0.25) is 0 Å². The van der Waals surface area contributed by atoms with Gasteiger partial charge >= 0.3 is 0 Å². The summed E-state index contributed by atoms with van der Waals surface area (Å²) in [6.45, 7) is 11.2. The van der Waals surface area contributed by atoms with Gasteiger partial charge in [0.1, 0.15) is 5.78 Å². The summed E-state index contributed by atoms with van der Waals surface area (Å²) < 4.78 is 0. The van der Waals surface area contributed by atoms with Gasteiger partial charge in [0, 0.05) is 11.8 Å². The lowest BCUT2D eigenvalue weighted by atomic mass is 9.55. The molecule has 0 spiro atoms. The van der Waals surface area contributed by atoms with Gasteiger partial charge in [0.25, 0.3) is 0 Å². The molecule has 0 bridgehead atoms. The van der Waals surface area contributed by atoms with E-state index < -0.39 is 0 Å². The lowest BCUT2D eigenvalue weighted by molar-refractivity contribution is -0.131. The molecule has 3 saturated carbocycles. The van der Waals surface area contributed by atoms with Crippen LogP contribution in [-0.2, 0) is 4.79 Å². The van der Waals surface area contributed by atoms with Crippen molar-refractivity contribution in [2.45, 2.75) is 92.4 Å². The summed E-state index contributed by atoms with van der Waals surface area (Å²) in [7, 11) is 0. The van der Waals surface area contributed by atoms with E-state index in [4.69, 9.17) is 0 Å². The summed E-state index contributed by atoms with van der Waals surface area (Å²) in [5.41, 5.74) is 1.84. The van der Waals surface area contributed by atoms with Crippen LogP contribution in [0, 0.1) is 40.9 Å². The molecule has 5 unspecified atom stereocenters. The van der Waals surface area contributed by atoms with Crippen molar-refractivity contribution >= 4 is 5.78 Å². The normalized spacial score (nSPS) is 46.4. The van der Waals surface area contributed by atoms with Crippen LogP contribution in [0.2, 0.25) is 0 Å². The summed E-state index contributed by atoms with van der Waals surface area (Å²) in [5, 5.41) is 0. The van der Waals surface area contributed by atoms with Crippen molar-refractivity contribution in [1.82, 2.24) is 0 Å². The van der Waals surface area contributed by atoms with Crippen LogP contribution in [0.15, 0.2) is 11.6 Å². The minimum absolute atomic E-state index is 0.0294. The van der Waals surface area contributed by atoms with Gasteiger partial charge in [-0.15, -0.1) is 0 Å². The predicted octanol–water partition coefficient (Wildman–Crippen LogP) is 6.82. The van der Waals surface area contributed by atoms with Gasteiger partial charge in [-0.2, -0.15) is 0 Å². The van der Waals surface area contributed by atoms with E-state index in [1.807, 2.05) is 19.4 Å². The van der Waals surface area contributed by atoms with Crippen molar-refractivity contribution < 1.29 is 4.79 Å². The van der Waals surface area contributed by atoms with Crippen LogP contribution >= 0.6 is 0 Å². The Morgan fingerprint density at radius 1 is 1.00 bits per heavy atom. The molecule has 4 rings (SSSR count). The Labute approximate surface area is 156 Å². The number of hydrogen-bond donors (Lipinski definition) is 0. The zero-order valence-electron chi connectivity index (χ0n) is 17.3. The van der Waals surface area contributed by atoms with E-state index in [0.29, 0.717) is 11.7 Å². The SMILES string of the molecule is CC.CC1C=C2CC[C@@H](C)C3C(CC[C@]4(C)C(=O)CCC34)C2CCC1. The van der Waals surface area contributed by atoms with Gasteiger partial charge in [0.15, 0.2) is 0 Å². The third kappa shape index (κ3) is 3.26. The molecule has 0 amide bonds. The maximum absolute atomic E-state index is 12.6. The van der Waals surface area contributed by atoms with E-state index >= 15 is 0 Å². The standard InChI is InChI=1S/C22H34O.C2H6/c1-14-5-4-6-17-16(13-14)8-7-15(2)21-18(17)11-12-22(3)19(21)9-10-20(22)23;1-2/h13-15,17-19,21H,4-12H2,1-3H3;1-2H3/t14?,15-,17?,18?,19?,21?,22+;/m1./s1. The zero-order valence-corrected chi connectivity index (χ0v) is 17.3. The molecule has 0 aromatic rings. The van der Waals surface area contributed by atoms with Crippen molar-refractivity contribution in [3.05, 3.63) is 11.6 Å². The fourth-order valence-corrected chi connectivity index (χ4v) is 7.05. The highest BCUT2D eigenvalue weighted by Crippen LogP contribution is 2.60. The summed E-state index contributed by atoms with van der Waals surface area (Å²) in [4.78, 5) is 12.6. The number of Topliss-reactive ketones (excluding diaryl/α,β-unsaturated/α-hetero) is 1. The molecule has 4 aliphatic carbocycles. The van der Waals surface area contributed by atoms with Crippen molar-refractivity contribution in [2.24, 2.45) is 40.9 Å². The van der Waals surface area contributed by atoms with Gasteiger partial charge in [0.05, 0.1) is 0 Å². The lowest BCUT2D eigenvalue weighted by Crippen LogP contribution is -2.45. The predicted molar refractivity (Wildman–Crippen MR) is 106 cm³/mol. The Bertz CT molecular complexity index is 518. The Morgan fingerprint density at radius 2 is 1.76 bits per heavy atom. The molecular formula is C24H40O. The fourth-order valence-electron chi connectivity index (χ4n) is 7.05. The monoisotopic (exact) mass is 344 g/mol. The van der Waals surface area contributed by atoms with E-state index in [0.717, 1.165) is 36.0 Å². The molecule has 25 heavy (non-hydrogen) atoms. The molecule has 7 atom stereocenters. The van der Waals surface area contributed by atoms with Gasteiger partial charge in [-0.1, -0.05) is 52.7 Å². The Kier molecular flexibility index (Phi) is 5.81. The lowest BCUT2D eigenvalue weighted by Gasteiger charge is -2.49. The van der Waals surface area contributed by atoms with Crippen LogP contribution in [0.1, 0.15) is 92.4 Å². The van der Waals surface area contributed by atoms with Crippen molar-refractivity contribution in [2.75, 3.05) is 0 Å². The van der Waals surface area contributed by atoms with Crippen molar-refractivity contribution in [1.29, 1.82) is 0 Å². The van der Waals surface area contributed by atoms with E-state index in [2.05, 4.69) is 26.8 Å².